The molecule has 0 radical (unpaired) electrons. The molecule has 0 aliphatic rings. The quantitative estimate of drug-likeness (QED) is 0.818. The standard InChI is InChI=1S/C20H23NO4/c1-19(2,3)25-18(23)21-20(4,14-22)15-10-12-17(13-11-15)24-16-8-6-5-7-9-16/h5-14H,1-4H3,(H,21,23). The maximum atomic E-state index is 12.0. The lowest BCUT2D eigenvalue weighted by atomic mass is 9.94. The summed E-state index contributed by atoms with van der Waals surface area (Å²) in [6.07, 6.45) is 0.0379. The van der Waals surface area contributed by atoms with Crippen molar-refractivity contribution in [1.82, 2.24) is 5.32 Å². The lowest BCUT2D eigenvalue weighted by Gasteiger charge is -2.28. The van der Waals surface area contributed by atoms with Crippen LogP contribution in [0.15, 0.2) is 54.6 Å². The van der Waals surface area contributed by atoms with Gasteiger partial charge in [0.05, 0.1) is 0 Å². The molecule has 5 heteroatoms. The zero-order valence-corrected chi connectivity index (χ0v) is 14.9. The van der Waals surface area contributed by atoms with Crippen LogP contribution in [-0.4, -0.2) is 18.0 Å². The van der Waals surface area contributed by atoms with E-state index in [0.717, 1.165) is 5.75 Å². The maximum Gasteiger partial charge on any atom is 0.408 e. The summed E-state index contributed by atoms with van der Waals surface area (Å²) in [4.78, 5) is 23.6. The maximum absolute atomic E-state index is 12.0. The molecule has 2 aromatic rings. The highest BCUT2D eigenvalue weighted by atomic mass is 16.6. The first kappa shape index (κ1) is 18.5. The number of rotatable bonds is 5. The second-order valence-electron chi connectivity index (χ2n) is 6.89. The molecule has 0 saturated carbocycles. The molecule has 0 aliphatic heterocycles. The average molecular weight is 341 g/mol. The van der Waals surface area contributed by atoms with Crippen molar-refractivity contribution in [1.29, 1.82) is 0 Å². The summed E-state index contributed by atoms with van der Waals surface area (Å²) in [6, 6.07) is 16.4. The molecule has 25 heavy (non-hydrogen) atoms. The van der Waals surface area contributed by atoms with E-state index in [0.29, 0.717) is 17.6 Å². The summed E-state index contributed by atoms with van der Waals surface area (Å²) < 4.78 is 11.0. The summed E-state index contributed by atoms with van der Waals surface area (Å²) in [5, 5.41) is 2.62. The van der Waals surface area contributed by atoms with Crippen LogP contribution >= 0.6 is 0 Å². The summed E-state index contributed by atoms with van der Waals surface area (Å²) >= 11 is 0. The first-order chi connectivity index (χ1) is 11.7. The molecule has 1 atom stereocenters. The number of alkyl carbamates (subject to hydrolysis) is 1. The van der Waals surface area contributed by atoms with Gasteiger partial charge in [-0.2, -0.15) is 0 Å². The van der Waals surface area contributed by atoms with Crippen molar-refractivity contribution in [3.63, 3.8) is 0 Å². The van der Waals surface area contributed by atoms with Crippen molar-refractivity contribution in [2.75, 3.05) is 0 Å². The monoisotopic (exact) mass is 341 g/mol. The fraction of sp³-hybridized carbons (Fsp3) is 0.300. The minimum atomic E-state index is -1.19. The molecule has 0 aliphatic carbocycles. The first-order valence-electron chi connectivity index (χ1n) is 8.03. The van der Waals surface area contributed by atoms with Crippen LogP contribution in [0.2, 0.25) is 0 Å². The number of amides is 1. The Hall–Kier alpha value is -2.82. The SMILES string of the molecule is CC(C)(C)OC(=O)NC(C)(C=O)c1ccc(Oc2ccccc2)cc1. The number of hydrogen-bond donors (Lipinski definition) is 1. The molecule has 1 N–H and O–H groups in total. The van der Waals surface area contributed by atoms with Crippen LogP contribution in [0.3, 0.4) is 0 Å². The third kappa shape index (κ3) is 5.35. The van der Waals surface area contributed by atoms with E-state index in [1.165, 1.54) is 0 Å². The number of aldehydes is 1. The number of carbonyl (C=O) groups is 2. The van der Waals surface area contributed by atoms with Gasteiger partial charge >= 0.3 is 6.09 Å². The summed E-state index contributed by atoms with van der Waals surface area (Å²) in [7, 11) is 0. The lowest BCUT2D eigenvalue weighted by Crippen LogP contribution is -2.46. The molecular weight excluding hydrogens is 318 g/mol. The molecular formula is C20H23NO4. The van der Waals surface area contributed by atoms with E-state index in [1.54, 1.807) is 52.0 Å². The van der Waals surface area contributed by atoms with Crippen molar-refractivity contribution in [3.05, 3.63) is 60.2 Å². The Kier molecular flexibility index (Phi) is 5.47. The topological polar surface area (TPSA) is 64.6 Å². The van der Waals surface area contributed by atoms with Gasteiger partial charge in [-0.1, -0.05) is 30.3 Å². The van der Waals surface area contributed by atoms with Crippen molar-refractivity contribution in [2.24, 2.45) is 0 Å². The number of benzene rings is 2. The van der Waals surface area contributed by atoms with E-state index < -0.39 is 17.2 Å². The molecule has 1 amide bonds. The highest BCUT2D eigenvalue weighted by molar-refractivity contribution is 5.78. The van der Waals surface area contributed by atoms with Crippen LogP contribution < -0.4 is 10.1 Å². The number of carbonyl (C=O) groups excluding carboxylic acids is 2. The molecule has 2 rings (SSSR count). The van der Waals surface area contributed by atoms with Gasteiger partial charge < -0.3 is 19.6 Å². The Morgan fingerprint density at radius 3 is 2.00 bits per heavy atom. The zero-order valence-electron chi connectivity index (χ0n) is 14.9. The van der Waals surface area contributed by atoms with Gasteiger partial charge in [0, 0.05) is 0 Å². The second kappa shape index (κ2) is 7.38. The summed E-state index contributed by atoms with van der Waals surface area (Å²) in [5.41, 5.74) is -1.19. The highest BCUT2D eigenvalue weighted by Gasteiger charge is 2.30. The third-order valence-corrected chi connectivity index (χ3v) is 3.43. The average Bonchev–Trinajstić information content (AvgIpc) is 2.54. The minimum Gasteiger partial charge on any atom is -0.457 e. The zero-order chi connectivity index (χ0) is 18.5. The highest BCUT2D eigenvalue weighted by Crippen LogP contribution is 2.25. The normalized spacial score (nSPS) is 13.4. The van der Waals surface area contributed by atoms with Crippen molar-refractivity contribution in [2.45, 2.75) is 38.8 Å². The van der Waals surface area contributed by atoms with E-state index in [9.17, 15) is 9.59 Å². The lowest BCUT2D eigenvalue weighted by molar-refractivity contribution is -0.113. The van der Waals surface area contributed by atoms with Crippen LogP contribution in [0.25, 0.3) is 0 Å². The number of para-hydroxylation sites is 1. The van der Waals surface area contributed by atoms with Crippen molar-refractivity contribution < 1.29 is 19.1 Å². The molecule has 5 nitrogen and oxygen atoms in total. The molecule has 1 unspecified atom stereocenters. The van der Waals surface area contributed by atoms with Crippen molar-refractivity contribution >= 4 is 12.4 Å². The minimum absolute atomic E-state index is 0.633. The van der Waals surface area contributed by atoms with Crippen LogP contribution in [0.5, 0.6) is 11.5 Å². The fourth-order valence-electron chi connectivity index (χ4n) is 2.18. The Labute approximate surface area is 148 Å². The van der Waals surface area contributed by atoms with Crippen molar-refractivity contribution in [3.8, 4) is 11.5 Å². The van der Waals surface area contributed by atoms with E-state index in [-0.39, 0.29) is 0 Å². The molecule has 2 aromatic carbocycles. The van der Waals surface area contributed by atoms with Gasteiger partial charge in [-0.15, -0.1) is 0 Å². The molecule has 0 saturated heterocycles. The molecule has 0 aromatic heterocycles. The Balaban J connectivity index is 2.12. The molecule has 0 heterocycles. The van der Waals surface area contributed by atoms with E-state index in [1.807, 2.05) is 30.3 Å². The Bertz CT molecular complexity index is 720. The molecule has 0 spiro atoms. The molecule has 0 fully saturated rings. The van der Waals surface area contributed by atoms with Gasteiger partial charge in [-0.25, -0.2) is 4.79 Å². The second-order valence-corrected chi connectivity index (χ2v) is 6.89. The first-order valence-corrected chi connectivity index (χ1v) is 8.03. The van der Waals surface area contributed by atoms with Gasteiger partial charge in [0.15, 0.2) is 0 Å². The van der Waals surface area contributed by atoms with Crippen LogP contribution in [0, 0.1) is 0 Å². The predicted molar refractivity (Wildman–Crippen MR) is 95.7 cm³/mol. The smallest absolute Gasteiger partial charge is 0.408 e. The summed E-state index contributed by atoms with van der Waals surface area (Å²) in [6.45, 7) is 6.92. The van der Waals surface area contributed by atoms with Gasteiger partial charge in [0.25, 0.3) is 0 Å². The Morgan fingerprint density at radius 2 is 1.48 bits per heavy atom. The predicted octanol–water partition coefficient (Wildman–Crippen LogP) is 4.42. The number of ether oxygens (including phenoxy) is 2. The summed E-state index contributed by atoms with van der Waals surface area (Å²) in [5.74, 6) is 1.36. The molecule has 132 valence electrons. The number of nitrogens with one attached hydrogen (secondary N) is 1. The van der Waals surface area contributed by atoms with Gasteiger partial charge in [0.1, 0.15) is 28.9 Å². The molecule has 0 bridgehead atoms. The van der Waals surface area contributed by atoms with E-state index >= 15 is 0 Å². The van der Waals surface area contributed by atoms with Crippen LogP contribution in [0.1, 0.15) is 33.3 Å². The van der Waals surface area contributed by atoms with E-state index in [2.05, 4.69) is 5.32 Å². The van der Waals surface area contributed by atoms with Gasteiger partial charge in [-0.05, 0) is 57.5 Å². The fourth-order valence-corrected chi connectivity index (χ4v) is 2.18. The largest absolute Gasteiger partial charge is 0.457 e. The third-order valence-electron chi connectivity index (χ3n) is 3.43. The van der Waals surface area contributed by atoms with E-state index in [4.69, 9.17) is 9.47 Å². The number of hydrogen-bond acceptors (Lipinski definition) is 4. The van der Waals surface area contributed by atoms with Crippen LogP contribution in [0.4, 0.5) is 4.79 Å². The van der Waals surface area contributed by atoms with Gasteiger partial charge in [0.2, 0.25) is 0 Å². The Morgan fingerprint density at radius 1 is 0.920 bits per heavy atom. The van der Waals surface area contributed by atoms with Crippen LogP contribution in [-0.2, 0) is 15.1 Å². The van der Waals surface area contributed by atoms with Gasteiger partial charge in [-0.3, -0.25) is 0 Å².